The average Bonchev–Trinajstić information content (AvgIpc) is 3.35. The monoisotopic (exact) mass is 431 g/mol. The fourth-order valence-electron chi connectivity index (χ4n) is 4.45. The lowest BCUT2D eigenvalue weighted by Gasteiger charge is -2.19. The van der Waals surface area contributed by atoms with E-state index >= 15 is 0 Å². The third-order valence-electron chi connectivity index (χ3n) is 6.05. The number of methoxy groups -OCH3 is 1. The van der Waals surface area contributed by atoms with Crippen molar-refractivity contribution in [2.45, 2.75) is 26.9 Å². The molecular formula is C24H25N5O3. The molecule has 4 aromatic rings. The zero-order chi connectivity index (χ0) is 22.6. The summed E-state index contributed by atoms with van der Waals surface area (Å²) < 4.78 is 10.2. The van der Waals surface area contributed by atoms with Gasteiger partial charge in [0.15, 0.2) is 11.2 Å². The largest absolute Gasteiger partial charge is 0.495 e. The molecule has 2 aromatic carbocycles. The van der Waals surface area contributed by atoms with Gasteiger partial charge in [-0.3, -0.25) is 13.9 Å². The lowest BCUT2D eigenvalue weighted by Crippen LogP contribution is -2.40. The minimum absolute atomic E-state index is 0.221. The van der Waals surface area contributed by atoms with Gasteiger partial charge >= 0.3 is 5.69 Å². The van der Waals surface area contributed by atoms with Crippen molar-refractivity contribution in [3.63, 3.8) is 0 Å². The third-order valence-corrected chi connectivity index (χ3v) is 6.05. The third kappa shape index (κ3) is 3.02. The molecule has 32 heavy (non-hydrogen) atoms. The molecule has 8 heteroatoms. The van der Waals surface area contributed by atoms with E-state index in [1.54, 1.807) is 14.2 Å². The van der Waals surface area contributed by atoms with Crippen LogP contribution in [0.15, 0.2) is 52.1 Å². The molecule has 164 valence electrons. The Hall–Kier alpha value is -3.81. The summed E-state index contributed by atoms with van der Waals surface area (Å²) in [5, 5.41) is 0. The Morgan fingerprint density at radius 3 is 2.56 bits per heavy atom. The molecule has 8 nitrogen and oxygen atoms in total. The molecule has 3 heterocycles. The average molecular weight is 431 g/mol. The molecule has 5 rings (SSSR count). The van der Waals surface area contributed by atoms with Gasteiger partial charge in [-0.25, -0.2) is 4.79 Å². The number of aryl methyl sites for hydroxylation is 3. The first kappa shape index (κ1) is 20.1. The van der Waals surface area contributed by atoms with Crippen molar-refractivity contribution in [1.82, 2.24) is 18.7 Å². The summed E-state index contributed by atoms with van der Waals surface area (Å²) in [5.41, 5.74) is 4.14. The first-order valence-electron chi connectivity index (χ1n) is 10.6. The van der Waals surface area contributed by atoms with Crippen molar-refractivity contribution in [2.24, 2.45) is 7.05 Å². The Morgan fingerprint density at radius 2 is 1.81 bits per heavy atom. The molecule has 0 saturated heterocycles. The summed E-state index contributed by atoms with van der Waals surface area (Å²) in [5.74, 6) is 1.38. The van der Waals surface area contributed by atoms with E-state index in [-0.39, 0.29) is 17.8 Å². The summed E-state index contributed by atoms with van der Waals surface area (Å²) in [6, 6.07) is 13.8. The number of anilines is 2. The summed E-state index contributed by atoms with van der Waals surface area (Å²) in [6.07, 6.45) is 0. The van der Waals surface area contributed by atoms with Crippen molar-refractivity contribution in [2.75, 3.05) is 18.6 Å². The van der Waals surface area contributed by atoms with E-state index in [4.69, 9.17) is 9.72 Å². The lowest BCUT2D eigenvalue weighted by molar-refractivity contribution is 0.415. The second kappa shape index (κ2) is 7.40. The first-order valence-corrected chi connectivity index (χ1v) is 10.6. The lowest BCUT2D eigenvalue weighted by atomic mass is 10.1. The zero-order valence-electron chi connectivity index (χ0n) is 18.6. The van der Waals surface area contributed by atoms with Crippen LogP contribution in [0.2, 0.25) is 0 Å². The van der Waals surface area contributed by atoms with Crippen LogP contribution in [-0.2, 0) is 20.1 Å². The van der Waals surface area contributed by atoms with Gasteiger partial charge in [0.2, 0.25) is 5.95 Å². The Kier molecular flexibility index (Phi) is 4.65. The molecule has 1 aliphatic heterocycles. The molecule has 0 bridgehead atoms. The number of hydrogen-bond donors (Lipinski definition) is 0. The summed E-state index contributed by atoms with van der Waals surface area (Å²) in [4.78, 5) is 33.3. The SMILES string of the molecule is COc1ccc(C)cc1N1CCn2c1nc1c2c(=O)n(Cc2cccc(C)c2)c(=O)n1C. The molecule has 0 spiro atoms. The van der Waals surface area contributed by atoms with Crippen molar-refractivity contribution >= 4 is 22.8 Å². The van der Waals surface area contributed by atoms with Crippen LogP contribution < -0.4 is 20.9 Å². The van der Waals surface area contributed by atoms with Crippen molar-refractivity contribution in [3.05, 3.63) is 80.0 Å². The Balaban J connectivity index is 1.69. The van der Waals surface area contributed by atoms with Crippen molar-refractivity contribution in [3.8, 4) is 5.75 Å². The van der Waals surface area contributed by atoms with Gasteiger partial charge in [-0.1, -0.05) is 35.9 Å². The highest BCUT2D eigenvalue weighted by Gasteiger charge is 2.30. The number of benzene rings is 2. The molecule has 0 unspecified atom stereocenters. The quantitative estimate of drug-likeness (QED) is 0.497. The van der Waals surface area contributed by atoms with E-state index in [2.05, 4.69) is 0 Å². The smallest absolute Gasteiger partial charge is 0.332 e. The van der Waals surface area contributed by atoms with Gasteiger partial charge in [0.25, 0.3) is 5.56 Å². The molecule has 0 amide bonds. The molecule has 0 fully saturated rings. The second-order valence-corrected chi connectivity index (χ2v) is 8.28. The van der Waals surface area contributed by atoms with E-state index in [9.17, 15) is 9.59 Å². The normalized spacial score (nSPS) is 13.1. The fraction of sp³-hybridized carbons (Fsp3) is 0.292. The molecular weight excluding hydrogens is 406 g/mol. The molecule has 1 aliphatic rings. The van der Waals surface area contributed by atoms with Crippen LogP contribution in [-0.4, -0.2) is 32.3 Å². The maximum absolute atomic E-state index is 13.5. The predicted molar refractivity (Wildman–Crippen MR) is 124 cm³/mol. The second-order valence-electron chi connectivity index (χ2n) is 8.28. The van der Waals surface area contributed by atoms with Gasteiger partial charge < -0.3 is 14.2 Å². The highest BCUT2D eigenvalue weighted by atomic mass is 16.5. The number of nitrogens with zero attached hydrogens (tertiary/aromatic N) is 5. The van der Waals surface area contributed by atoms with Gasteiger partial charge in [-0.2, -0.15) is 4.98 Å². The van der Waals surface area contributed by atoms with E-state index in [0.29, 0.717) is 30.2 Å². The van der Waals surface area contributed by atoms with Crippen molar-refractivity contribution < 1.29 is 4.74 Å². The summed E-state index contributed by atoms with van der Waals surface area (Å²) in [6.45, 7) is 5.50. The number of fused-ring (bicyclic) bond motifs is 3. The minimum Gasteiger partial charge on any atom is -0.495 e. The zero-order valence-corrected chi connectivity index (χ0v) is 18.6. The Bertz CT molecular complexity index is 1480. The van der Waals surface area contributed by atoms with Crippen LogP contribution in [0.3, 0.4) is 0 Å². The van der Waals surface area contributed by atoms with Gasteiger partial charge in [-0.05, 0) is 37.1 Å². The van der Waals surface area contributed by atoms with Gasteiger partial charge in [0.05, 0.1) is 19.3 Å². The number of rotatable bonds is 4. The van der Waals surface area contributed by atoms with E-state index in [1.807, 2.05) is 65.8 Å². The van der Waals surface area contributed by atoms with Gasteiger partial charge in [0.1, 0.15) is 5.75 Å². The number of ether oxygens (including phenoxy) is 1. The first-order chi connectivity index (χ1) is 15.4. The number of aromatic nitrogens is 4. The number of imidazole rings is 1. The van der Waals surface area contributed by atoms with Crippen LogP contribution in [0.5, 0.6) is 5.75 Å². The minimum atomic E-state index is -0.375. The molecule has 0 N–H and O–H groups in total. The van der Waals surface area contributed by atoms with E-state index < -0.39 is 0 Å². The predicted octanol–water partition coefficient (Wildman–Crippen LogP) is 2.72. The Morgan fingerprint density at radius 1 is 1.03 bits per heavy atom. The molecule has 0 aliphatic carbocycles. The highest BCUT2D eigenvalue weighted by molar-refractivity contribution is 5.79. The van der Waals surface area contributed by atoms with Crippen LogP contribution in [0.4, 0.5) is 11.6 Å². The van der Waals surface area contributed by atoms with E-state index in [0.717, 1.165) is 28.1 Å². The Labute approximate surface area is 184 Å². The molecule has 0 saturated carbocycles. The van der Waals surface area contributed by atoms with Crippen molar-refractivity contribution in [1.29, 1.82) is 0 Å². The molecule has 0 atom stereocenters. The van der Waals surface area contributed by atoms with Crippen LogP contribution in [0.25, 0.3) is 11.2 Å². The van der Waals surface area contributed by atoms with Crippen LogP contribution >= 0.6 is 0 Å². The van der Waals surface area contributed by atoms with Gasteiger partial charge in [-0.15, -0.1) is 0 Å². The molecule has 2 aromatic heterocycles. The topological polar surface area (TPSA) is 74.3 Å². The van der Waals surface area contributed by atoms with E-state index in [1.165, 1.54) is 9.13 Å². The fourth-order valence-corrected chi connectivity index (χ4v) is 4.45. The van der Waals surface area contributed by atoms with Crippen LogP contribution in [0, 0.1) is 13.8 Å². The van der Waals surface area contributed by atoms with Gasteiger partial charge in [0, 0.05) is 20.1 Å². The standard InChI is InChI=1S/C24H25N5O3/c1-15-6-5-7-17(12-15)14-29-22(30)20-21(26(3)24(29)31)25-23-27(10-11-28(20)23)18-13-16(2)8-9-19(18)32-4/h5-9,12-13H,10-11,14H2,1-4H3. The maximum atomic E-state index is 13.5. The summed E-state index contributed by atoms with van der Waals surface area (Å²) >= 11 is 0. The van der Waals surface area contributed by atoms with Crippen LogP contribution in [0.1, 0.15) is 16.7 Å². The maximum Gasteiger partial charge on any atom is 0.332 e. The molecule has 0 radical (unpaired) electrons. The number of hydrogen-bond acceptors (Lipinski definition) is 5. The summed E-state index contributed by atoms with van der Waals surface area (Å²) in [7, 11) is 3.30. The highest BCUT2D eigenvalue weighted by Crippen LogP contribution is 2.37.